The van der Waals surface area contributed by atoms with Crippen molar-refractivity contribution in [2.24, 2.45) is 0 Å². The number of nitrogens with one attached hydrogen (secondary N) is 1. The molecule has 0 aliphatic carbocycles. The van der Waals surface area contributed by atoms with Crippen molar-refractivity contribution in [1.82, 2.24) is 0 Å². The number of carbonyl (C=O) groups excluding carboxylic acids is 2. The van der Waals surface area contributed by atoms with E-state index in [0.29, 0.717) is 29.4 Å². The minimum atomic E-state index is -0.426. The highest BCUT2D eigenvalue weighted by molar-refractivity contribution is 5.94. The number of ether oxygens (including phenoxy) is 3. The molecule has 4 aromatic rings. The molecular formula is C29H25NO5. The summed E-state index contributed by atoms with van der Waals surface area (Å²) < 4.78 is 16.6. The molecule has 0 unspecified atom stereocenters. The number of esters is 1. The summed E-state index contributed by atoms with van der Waals surface area (Å²) >= 11 is 0. The number of para-hydroxylation sites is 1. The summed E-state index contributed by atoms with van der Waals surface area (Å²) in [6.45, 7) is 0.490. The SMILES string of the molecule is COC(=O)c1ccc(NC(=O)Cc2ccccc2Oc2ccc(OCc3ccccc3)cc2)cc1. The smallest absolute Gasteiger partial charge is 0.337 e. The van der Waals surface area contributed by atoms with Gasteiger partial charge in [0.15, 0.2) is 0 Å². The van der Waals surface area contributed by atoms with Crippen molar-refractivity contribution in [3.05, 3.63) is 120 Å². The lowest BCUT2D eigenvalue weighted by Gasteiger charge is -2.12. The molecule has 0 heterocycles. The molecule has 0 saturated carbocycles. The predicted octanol–water partition coefficient (Wildman–Crippen LogP) is 6.03. The molecule has 0 spiro atoms. The van der Waals surface area contributed by atoms with Crippen molar-refractivity contribution >= 4 is 17.6 Å². The van der Waals surface area contributed by atoms with Crippen molar-refractivity contribution in [2.45, 2.75) is 13.0 Å². The summed E-state index contributed by atoms with van der Waals surface area (Å²) in [5.74, 6) is 1.36. The number of hydrogen-bond donors (Lipinski definition) is 1. The van der Waals surface area contributed by atoms with Gasteiger partial charge in [0.05, 0.1) is 19.1 Å². The minimum absolute atomic E-state index is 0.132. The van der Waals surface area contributed by atoms with Crippen LogP contribution in [0.1, 0.15) is 21.5 Å². The van der Waals surface area contributed by atoms with Crippen molar-refractivity contribution in [3.8, 4) is 17.2 Å². The van der Waals surface area contributed by atoms with Crippen molar-refractivity contribution in [3.63, 3.8) is 0 Å². The zero-order valence-electron chi connectivity index (χ0n) is 19.3. The van der Waals surface area contributed by atoms with E-state index in [1.165, 1.54) is 7.11 Å². The lowest BCUT2D eigenvalue weighted by atomic mass is 10.1. The highest BCUT2D eigenvalue weighted by atomic mass is 16.5. The fourth-order valence-electron chi connectivity index (χ4n) is 3.41. The van der Waals surface area contributed by atoms with Crippen LogP contribution in [-0.2, 0) is 22.6 Å². The Morgan fingerprint density at radius 1 is 0.743 bits per heavy atom. The molecule has 4 rings (SSSR count). The van der Waals surface area contributed by atoms with Crippen molar-refractivity contribution in [2.75, 3.05) is 12.4 Å². The minimum Gasteiger partial charge on any atom is -0.489 e. The number of benzene rings is 4. The molecular weight excluding hydrogens is 442 g/mol. The number of hydrogen-bond acceptors (Lipinski definition) is 5. The first-order chi connectivity index (χ1) is 17.1. The van der Waals surface area contributed by atoms with Gasteiger partial charge in [0, 0.05) is 11.3 Å². The fourth-order valence-corrected chi connectivity index (χ4v) is 3.41. The first kappa shape index (κ1) is 23.6. The van der Waals surface area contributed by atoms with Gasteiger partial charge in [0.25, 0.3) is 0 Å². The average molecular weight is 468 g/mol. The van der Waals surface area contributed by atoms with E-state index in [1.54, 1.807) is 24.3 Å². The number of carbonyl (C=O) groups is 2. The highest BCUT2D eigenvalue weighted by Gasteiger charge is 2.11. The monoisotopic (exact) mass is 467 g/mol. The predicted molar refractivity (Wildman–Crippen MR) is 134 cm³/mol. The Morgan fingerprint density at radius 3 is 2.11 bits per heavy atom. The van der Waals surface area contributed by atoms with Gasteiger partial charge >= 0.3 is 5.97 Å². The molecule has 35 heavy (non-hydrogen) atoms. The normalized spacial score (nSPS) is 10.3. The molecule has 0 aliphatic rings. The van der Waals surface area contributed by atoms with E-state index in [0.717, 1.165) is 16.9 Å². The zero-order chi connectivity index (χ0) is 24.5. The Labute approximate surface area is 204 Å². The molecule has 0 saturated heterocycles. The maximum Gasteiger partial charge on any atom is 0.337 e. The molecule has 4 aromatic carbocycles. The fraction of sp³-hybridized carbons (Fsp3) is 0.103. The van der Waals surface area contributed by atoms with E-state index in [2.05, 4.69) is 10.1 Å². The summed E-state index contributed by atoms with van der Waals surface area (Å²) in [4.78, 5) is 24.2. The number of methoxy groups -OCH3 is 1. The molecule has 0 radical (unpaired) electrons. The van der Waals surface area contributed by atoms with E-state index >= 15 is 0 Å². The van der Waals surface area contributed by atoms with Crippen LogP contribution in [0.2, 0.25) is 0 Å². The van der Waals surface area contributed by atoms with Gasteiger partial charge in [0.1, 0.15) is 23.9 Å². The number of amides is 1. The molecule has 0 aliphatic heterocycles. The average Bonchev–Trinajstić information content (AvgIpc) is 2.90. The summed E-state index contributed by atoms with van der Waals surface area (Å²) in [6.07, 6.45) is 0.132. The first-order valence-electron chi connectivity index (χ1n) is 11.1. The Balaban J connectivity index is 1.35. The van der Waals surface area contributed by atoms with Crippen LogP contribution >= 0.6 is 0 Å². The van der Waals surface area contributed by atoms with Gasteiger partial charge in [-0.05, 0) is 60.2 Å². The Kier molecular flexibility index (Phi) is 7.76. The molecule has 1 amide bonds. The third kappa shape index (κ3) is 6.71. The van der Waals surface area contributed by atoms with Crippen LogP contribution in [-0.4, -0.2) is 19.0 Å². The molecule has 0 aromatic heterocycles. The molecule has 176 valence electrons. The Bertz CT molecular complexity index is 1270. The van der Waals surface area contributed by atoms with Crippen LogP contribution in [0.4, 0.5) is 5.69 Å². The van der Waals surface area contributed by atoms with Gasteiger partial charge in [-0.25, -0.2) is 4.79 Å². The van der Waals surface area contributed by atoms with Crippen LogP contribution < -0.4 is 14.8 Å². The third-order valence-electron chi connectivity index (χ3n) is 5.21. The second-order valence-electron chi connectivity index (χ2n) is 7.75. The summed E-state index contributed by atoms with van der Waals surface area (Å²) in [5, 5.41) is 2.84. The summed E-state index contributed by atoms with van der Waals surface area (Å²) in [7, 11) is 1.33. The second-order valence-corrected chi connectivity index (χ2v) is 7.75. The van der Waals surface area contributed by atoms with Crippen LogP contribution in [0.15, 0.2) is 103 Å². The standard InChI is InChI=1S/C29H25NO5/c1-33-29(32)22-11-13-24(14-12-22)30-28(31)19-23-9-5-6-10-27(23)35-26-17-15-25(16-18-26)34-20-21-7-3-2-4-8-21/h2-18H,19-20H2,1H3,(H,30,31). The van der Waals surface area contributed by atoms with Crippen LogP contribution in [0.3, 0.4) is 0 Å². The molecule has 1 N–H and O–H groups in total. The molecule has 0 bridgehead atoms. The summed E-state index contributed by atoms with van der Waals surface area (Å²) in [5.41, 5.74) is 2.85. The Morgan fingerprint density at radius 2 is 1.40 bits per heavy atom. The van der Waals surface area contributed by atoms with E-state index in [1.807, 2.05) is 78.9 Å². The van der Waals surface area contributed by atoms with E-state index < -0.39 is 5.97 Å². The second kappa shape index (κ2) is 11.5. The summed E-state index contributed by atoms with van der Waals surface area (Å²) in [6, 6.07) is 31.3. The van der Waals surface area contributed by atoms with E-state index in [4.69, 9.17) is 9.47 Å². The topological polar surface area (TPSA) is 73.9 Å². The lowest BCUT2D eigenvalue weighted by Crippen LogP contribution is -2.15. The van der Waals surface area contributed by atoms with Gasteiger partial charge in [-0.3, -0.25) is 4.79 Å². The van der Waals surface area contributed by atoms with Gasteiger partial charge in [-0.1, -0.05) is 48.5 Å². The first-order valence-corrected chi connectivity index (χ1v) is 11.1. The maximum atomic E-state index is 12.6. The number of anilines is 1. The highest BCUT2D eigenvalue weighted by Crippen LogP contribution is 2.28. The van der Waals surface area contributed by atoms with Crippen molar-refractivity contribution in [1.29, 1.82) is 0 Å². The lowest BCUT2D eigenvalue weighted by molar-refractivity contribution is -0.115. The van der Waals surface area contributed by atoms with E-state index in [9.17, 15) is 9.59 Å². The zero-order valence-corrected chi connectivity index (χ0v) is 19.3. The van der Waals surface area contributed by atoms with Crippen molar-refractivity contribution < 1.29 is 23.8 Å². The quantitative estimate of drug-likeness (QED) is 0.305. The molecule has 6 nitrogen and oxygen atoms in total. The molecule has 6 heteroatoms. The number of rotatable bonds is 9. The Hall–Kier alpha value is -4.58. The largest absolute Gasteiger partial charge is 0.489 e. The van der Waals surface area contributed by atoms with Gasteiger partial charge in [-0.2, -0.15) is 0 Å². The van der Waals surface area contributed by atoms with Gasteiger partial charge in [-0.15, -0.1) is 0 Å². The van der Waals surface area contributed by atoms with Crippen LogP contribution in [0.25, 0.3) is 0 Å². The molecule has 0 atom stereocenters. The molecule has 0 fully saturated rings. The third-order valence-corrected chi connectivity index (χ3v) is 5.21. The van der Waals surface area contributed by atoms with Crippen LogP contribution in [0.5, 0.6) is 17.2 Å². The van der Waals surface area contributed by atoms with Gasteiger partial charge < -0.3 is 19.5 Å². The van der Waals surface area contributed by atoms with Gasteiger partial charge in [0.2, 0.25) is 5.91 Å². The van der Waals surface area contributed by atoms with E-state index in [-0.39, 0.29) is 12.3 Å². The maximum absolute atomic E-state index is 12.6. The van der Waals surface area contributed by atoms with Crippen LogP contribution in [0, 0.1) is 0 Å².